The molecule has 3 rings (SSSR count). The smallest absolute Gasteiger partial charge is 0.343 e. The van der Waals surface area contributed by atoms with Crippen molar-refractivity contribution in [2.45, 2.75) is 13.8 Å². The summed E-state index contributed by atoms with van der Waals surface area (Å²) in [5.41, 5.74) is 5.49. The lowest BCUT2D eigenvalue weighted by molar-refractivity contribution is -0.123. The minimum absolute atomic E-state index is 0.141. The first kappa shape index (κ1) is 20.8. The van der Waals surface area contributed by atoms with E-state index in [0.29, 0.717) is 22.6 Å². The molecule has 0 saturated heterocycles. The van der Waals surface area contributed by atoms with Crippen LogP contribution in [-0.2, 0) is 4.79 Å². The van der Waals surface area contributed by atoms with E-state index < -0.39 is 5.97 Å². The fourth-order valence-electron chi connectivity index (χ4n) is 2.77. The molecule has 0 aliphatic heterocycles. The average Bonchev–Trinajstić information content (AvgIpc) is 2.74. The van der Waals surface area contributed by atoms with Gasteiger partial charge in [0.05, 0.1) is 11.8 Å². The topological polar surface area (TPSA) is 77.0 Å². The van der Waals surface area contributed by atoms with Crippen LogP contribution in [0.2, 0.25) is 0 Å². The van der Waals surface area contributed by atoms with Crippen LogP contribution in [0.1, 0.15) is 27.0 Å². The lowest BCUT2D eigenvalue weighted by atomic mass is 10.1. The molecule has 0 aliphatic rings. The van der Waals surface area contributed by atoms with Crippen molar-refractivity contribution < 1.29 is 19.1 Å². The summed E-state index contributed by atoms with van der Waals surface area (Å²) in [5.74, 6) is 0.268. The summed E-state index contributed by atoms with van der Waals surface area (Å²) >= 11 is 0. The van der Waals surface area contributed by atoms with Crippen LogP contribution in [0.25, 0.3) is 0 Å². The Labute approximate surface area is 175 Å². The van der Waals surface area contributed by atoms with E-state index in [1.54, 1.807) is 48.5 Å². The number of aryl methyl sites for hydroxylation is 2. The van der Waals surface area contributed by atoms with Gasteiger partial charge in [-0.15, -0.1) is 0 Å². The molecule has 3 aromatic rings. The molecule has 0 aromatic heterocycles. The van der Waals surface area contributed by atoms with E-state index in [1.165, 1.54) is 6.21 Å². The first-order chi connectivity index (χ1) is 14.5. The van der Waals surface area contributed by atoms with Crippen molar-refractivity contribution in [3.8, 4) is 11.5 Å². The zero-order chi connectivity index (χ0) is 21.3. The third kappa shape index (κ3) is 5.78. The quantitative estimate of drug-likeness (QED) is 0.280. The number of esters is 1. The van der Waals surface area contributed by atoms with Gasteiger partial charge >= 0.3 is 5.97 Å². The Hall–Kier alpha value is -3.93. The number of hydrogen-bond donors (Lipinski definition) is 1. The second-order valence-corrected chi connectivity index (χ2v) is 6.63. The lowest BCUT2D eigenvalue weighted by Gasteiger charge is -2.10. The molecule has 0 bridgehead atoms. The van der Waals surface area contributed by atoms with Gasteiger partial charge in [-0.25, -0.2) is 10.2 Å². The highest BCUT2D eigenvalue weighted by atomic mass is 16.5. The fraction of sp³-hybridized carbons (Fsp3) is 0.125. The first-order valence-corrected chi connectivity index (χ1v) is 9.41. The van der Waals surface area contributed by atoms with E-state index in [1.807, 2.05) is 38.1 Å². The first-order valence-electron chi connectivity index (χ1n) is 9.41. The molecule has 0 spiro atoms. The third-order valence-electron chi connectivity index (χ3n) is 4.24. The molecule has 0 unspecified atom stereocenters. The Morgan fingerprint density at radius 3 is 2.37 bits per heavy atom. The summed E-state index contributed by atoms with van der Waals surface area (Å²) in [6, 6.07) is 21.4. The van der Waals surface area contributed by atoms with Crippen LogP contribution in [0.3, 0.4) is 0 Å². The van der Waals surface area contributed by atoms with E-state index in [9.17, 15) is 9.59 Å². The van der Waals surface area contributed by atoms with Gasteiger partial charge in [0.1, 0.15) is 11.5 Å². The second-order valence-electron chi connectivity index (χ2n) is 6.63. The molecule has 6 nitrogen and oxygen atoms in total. The monoisotopic (exact) mass is 402 g/mol. The molecule has 0 fully saturated rings. The van der Waals surface area contributed by atoms with Gasteiger partial charge in [0.2, 0.25) is 0 Å². The third-order valence-corrected chi connectivity index (χ3v) is 4.24. The Kier molecular flexibility index (Phi) is 6.95. The van der Waals surface area contributed by atoms with E-state index in [2.05, 4.69) is 10.5 Å². The predicted molar refractivity (Wildman–Crippen MR) is 115 cm³/mol. The highest BCUT2D eigenvalue weighted by molar-refractivity contribution is 5.91. The standard InChI is InChI=1S/C24H22N2O4/c1-17-8-6-9-18(2)23(17)29-16-22(27)26-25-15-19-10-7-13-21(14-19)30-24(28)20-11-4-3-5-12-20/h3-15H,16H2,1-2H3,(H,26,27)/b25-15-. The zero-order valence-corrected chi connectivity index (χ0v) is 16.8. The molecular weight excluding hydrogens is 380 g/mol. The number of rotatable bonds is 7. The van der Waals surface area contributed by atoms with Gasteiger partial charge in [0, 0.05) is 0 Å². The average molecular weight is 402 g/mol. The summed E-state index contributed by atoms with van der Waals surface area (Å²) in [5, 5.41) is 3.93. The van der Waals surface area contributed by atoms with Crippen molar-refractivity contribution in [2.75, 3.05) is 6.61 Å². The number of carbonyl (C=O) groups excluding carboxylic acids is 2. The molecule has 0 atom stereocenters. The van der Waals surface area contributed by atoms with Gasteiger partial charge in [-0.1, -0.05) is 48.5 Å². The van der Waals surface area contributed by atoms with E-state index in [0.717, 1.165) is 11.1 Å². The summed E-state index contributed by atoms with van der Waals surface area (Å²) in [6.07, 6.45) is 1.47. The number of hydrogen-bond acceptors (Lipinski definition) is 5. The molecule has 0 aliphatic carbocycles. The molecular formula is C24H22N2O4. The molecule has 3 aromatic carbocycles. The van der Waals surface area contributed by atoms with Crippen LogP contribution in [0.5, 0.6) is 11.5 Å². The summed E-state index contributed by atoms with van der Waals surface area (Å²) in [7, 11) is 0. The molecule has 152 valence electrons. The summed E-state index contributed by atoms with van der Waals surface area (Å²) < 4.78 is 11.0. The Morgan fingerprint density at radius 1 is 0.933 bits per heavy atom. The fourth-order valence-corrected chi connectivity index (χ4v) is 2.77. The number of hydrazone groups is 1. The molecule has 1 amide bonds. The van der Waals surface area contributed by atoms with Crippen LogP contribution in [-0.4, -0.2) is 24.7 Å². The number of amides is 1. The number of ether oxygens (including phenoxy) is 2. The van der Waals surface area contributed by atoms with Crippen molar-refractivity contribution in [1.29, 1.82) is 0 Å². The largest absolute Gasteiger partial charge is 0.483 e. The zero-order valence-electron chi connectivity index (χ0n) is 16.8. The van der Waals surface area contributed by atoms with Crippen molar-refractivity contribution in [3.63, 3.8) is 0 Å². The Balaban J connectivity index is 1.53. The van der Waals surface area contributed by atoms with E-state index in [-0.39, 0.29) is 12.5 Å². The number of carbonyl (C=O) groups is 2. The van der Waals surface area contributed by atoms with Gasteiger partial charge in [-0.3, -0.25) is 4.79 Å². The van der Waals surface area contributed by atoms with Gasteiger partial charge in [0.25, 0.3) is 5.91 Å². The molecule has 1 N–H and O–H groups in total. The summed E-state index contributed by atoms with van der Waals surface area (Å²) in [4.78, 5) is 24.1. The molecule has 0 radical (unpaired) electrons. The SMILES string of the molecule is Cc1cccc(C)c1OCC(=O)N/N=C\c1cccc(OC(=O)c2ccccc2)c1. The number of para-hydroxylation sites is 1. The van der Waals surface area contributed by atoms with Crippen molar-refractivity contribution >= 4 is 18.1 Å². The van der Waals surface area contributed by atoms with Crippen molar-refractivity contribution in [1.82, 2.24) is 5.43 Å². The van der Waals surface area contributed by atoms with E-state index in [4.69, 9.17) is 9.47 Å². The van der Waals surface area contributed by atoms with Gasteiger partial charge in [-0.2, -0.15) is 5.10 Å². The highest BCUT2D eigenvalue weighted by Gasteiger charge is 2.08. The maximum atomic E-state index is 12.1. The van der Waals surface area contributed by atoms with Crippen LogP contribution < -0.4 is 14.9 Å². The van der Waals surface area contributed by atoms with Crippen LogP contribution >= 0.6 is 0 Å². The maximum absolute atomic E-state index is 12.1. The number of benzene rings is 3. The molecule has 30 heavy (non-hydrogen) atoms. The maximum Gasteiger partial charge on any atom is 0.343 e. The number of nitrogens with one attached hydrogen (secondary N) is 1. The van der Waals surface area contributed by atoms with E-state index >= 15 is 0 Å². The van der Waals surface area contributed by atoms with Crippen molar-refractivity contribution in [2.24, 2.45) is 5.10 Å². The van der Waals surface area contributed by atoms with Gasteiger partial charge in [-0.05, 0) is 54.8 Å². The minimum Gasteiger partial charge on any atom is -0.483 e. The van der Waals surface area contributed by atoms with Crippen LogP contribution in [0, 0.1) is 13.8 Å². The molecule has 6 heteroatoms. The predicted octanol–water partition coefficient (Wildman–Crippen LogP) is 4.05. The summed E-state index contributed by atoms with van der Waals surface area (Å²) in [6.45, 7) is 3.71. The minimum atomic E-state index is -0.443. The Bertz CT molecular complexity index is 1040. The lowest BCUT2D eigenvalue weighted by Crippen LogP contribution is -2.25. The molecule has 0 saturated carbocycles. The van der Waals surface area contributed by atoms with Crippen LogP contribution in [0.15, 0.2) is 77.9 Å². The number of nitrogens with zero attached hydrogens (tertiary/aromatic N) is 1. The van der Waals surface area contributed by atoms with Crippen molar-refractivity contribution in [3.05, 3.63) is 95.1 Å². The van der Waals surface area contributed by atoms with Gasteiger partial charge in [0.15, 0.2) is 6.61 Å². The normalized spacial score (nSPS) is 10.6. The Morgan fingerprint density at radius 2 is 1.63 bits per heavy atom. The van der Waals surface area contributed by atoms with Crippen LogP contribution in [0.4, 0.5) is 0 Å². The molecule has 0 heterocycles. The highest BCUT2D eigenvalue weighted by Crippen LogP contribution is 2.22. The second kappa shape index (κ2) is 10.0. The van der Waals surface area contributed by atoms with Gasteiger partial charge < -0.3 is 9.47 Å².